The molecule has 1 aliphatic heterocycles. The Labute approximate surface area is 97.3 Å². The Hall–Kier alpha value is -1.31. The van der Waals surface area contributed by atoms with E-state index in [0.717, 1.165) is 36.8 Å². The molecular weight excluding hydrogens is 198 g/mol. The van der Waals surface area contributed by atoms with Crippen LogP contribution in [0.25, 0.3) is 0 Å². The van der Waals surface area contributed by atoms with E-state index in [0.29, 0.717) is 0 Å². The van der Waals surface area contributed by atoms with Gasteiger partial charge >= 0.3 is 0 Å². The van der Waals surface area contributed by atoms with Crippen LogP contribution in [0, 0.1) is 11.8 Å². The first kappa shape index (κ1) is 11.2. The van der Waals surface area contributed by atoms with E-state index in [1.807, 2.05) is 24.3 Å². The third-order valence-electron chi connectivity index (χ3n) is 3.56. The highest BCUT2D eigenvalue weighted by atomic mass is 16.1. The van der Waals surface area contributed by atoms with E-state index in [-0.39, 0.29) is 0 Å². The van der Waals surface area contributed by atoms with E-state index >= 15 is 0 Å². The van der Waals surface area contributed by atoms with Crippen molar-refractivity contribution in [2.75, 3.05) is 18.0 Å². The predicted octanol–water partition coefficient (Wildman–Crippen LogP) is 2.98. The topological polar surface area (TPSA) is 20.3 Å². The highest BCUT2D eigenvalue weighted by Gasteiger charge is 2.24. The van der Waals surface area contributed by atoms with Crippen molar-refractivity contribution in [3.05, 3.63) is 29.8 Å². The molecule has 2 rings (SSSR count). The molecule has 0 N–H and O–H groups in total. The summed E-state index contributed by atoms with van der Waals surface area (Å²) in [6, 6.07) is 7.88. The molecule has 2 nitrogen and oxygen atoms in total. The van der Waals surface area contributed by atoms with Gasteiger partial charge in [-0.1, -0.05) is 13.8 Å². The first-order valence-electron chi connectivity index (χ1n) is 6.01. The lowest BCUT2D eigenvalue weighted by atomic mass is 9.95. The summed E-state index contributed by atoms with van der Waals surface area (Å²) in [5.41, 5.74) is 2.00. The maximum Gasteiger partial charge on any atom is 0.150 e. The molecule has 1 atom stereocenters. The first-order chi connectivity index (χ1) is 7.70. The zero-order valence-corrected chi connectivity index (χ0v) is 10.0. The zero-order chi connectivity index (χ0) is 11.5. The van der Waals surface area contributed by atoms with Gasteiger partial charge < -0.3 is 4.90 Å². The summed E-state index contributed by atoms with van der Waals surface area (Å²) in [6.07, 6.45) is 2.18. The van der Waals surface area contributed by atoms with Crippen molar-refractivity contribution in [1.82, 2.24) is 0 Å². The summed E-state index contributed by atoms with van der Waals surface area (Å²) in [5, 5.41) is 0. The normalized spacial score (nSPS) is 20.4. The fraction of sp³-hybridized carbons (Fsp3) is 0.500. The second-order valence-electron chi connectivity index (χ2n) is 4.95. The molecule has 86 valence electrons. The largest absolute Gasteiger partial charge is 0.371 e. The summed E-state index contributed by atoms with van der Waals surface area (Å²) in [5.74, 6) is 1.57. The minimum atomic E-state index is 0.753. The van der Waals surface area contributed by atoms with Crippen LogP contribution in [0.3, 0.4) is 0 Å². The van der Waals surface area contributed by atoms with Crippen LogP contribution < -0.4 is 4.90 Å². The monoisotopic (exact) mass is 217 g/mol. The van der Waals surface area contributed by atoms with Crippen molar-refractivity contribution in [1.29, 1.82) is 0 Å². The Bertz CT molecular complexity index is 356. The number of nitrogens with zero attached hydrogens (tertiary/aromatic N) is 1. The Morgan fingerprint density at radius 2 is 2.00 bits per heavy atom. The SMILES string of the molecule is CC(C)C1CCN(c2ccc(C=O)cc2)C1. The van der Waals surface area contributed by atoms with Crippen LogP contribution in [-0.4, -0.2) is 19.4 Å². The molecule has 1 heterocycles. The lowest BCUT2D eigenvalue weighted by Gasteiger charge is -2.20. The molecule has 0 saturated carbocycles. The molecular formula is C14H19NO. The van der Waals surface area contributed by atoms with Crippen LogP contribution in [0.1, 0.15) is 30.6 Å². The second kappa shape index (κ2) is 4.69. The van der Waals surface area contributed by atoms with Gasteiger partial charge in [0.15, 0.2) is 0 Å². The van der Waals surface area contributed by atoms with E-state index in [1.54, 1.807) is 0 Å². The molecule has 1 saturated heterocycles. The number of rotatable bonds is 3. The maximum absolute atomic E-state index is 10.6. The van der Waals surface area contributed by atoms with Crippen LogP contribution in [0.2, 0.25) is 0 Å². The molecule has 1 aromatic rings. The van der Waals surface area contributed by atoms with Crippen LogP contribution >= 0.6 is 0 Å². The Morgan fingerprint density at radius 1 is 1.31 bits per heavy atom. The van der Waals surface area contributed by atoms with Gasteiger partial charge in [-0.25, -0.2) is 0 Å². The standard InChI is InChI=1S/C14H19NO/c1-11(2)13-7-8-15(9-13)14-5-3-12(10-16)4-6-14/h3-6,10-11,13H,7-9H2,1-2H3. The smallest absolute Gasteiger partial charge is 0.150 e. The fourth-order valence-corrected chi connectivity index (χ4v) is 2.33. The molecule has 0 spiro atoms. The average molecular weight is 217 g/mol. The highest BCUT2D eigenvalue weighted by Crippen LogP contribution is 2.28. The molecule has 0 amide bonds. The van der Waals surface area contributed by atoms with Gasteiger partial charge in [0.1, 0.15) is 6.29 Å². The lowest BCUT2D eigenvalue weighted by Crippen LogP contribution is -2.21. The van der Waals surface area contributed by atoms with Crippen molar-refractivity contribution in [3.8, 4) is 0 Å². The molecule has 0 aromatic heterocycles. The first-order valence-corrected chi connectivity index (χ1v) is 6.01. The quantitative estimate of drug-likeness (QED) is 0.725. The molecule has 1 fully saturated rings. The minimum Gasteiger partial charge on any atom is -0.371 e. The van der Waals surface area contributed by atoms with Gasteiger partial charge in [-0.3, -0.25) is 4.79 Å². The van der Waals surface area contributed by atoms with Gasteiger partial charge in [0, 0.05) is 24.3 Å². The van der Waals surface area contributed by atoms with Gasteiger partial charge in [0.2, 0.25) is 0 Å². The molecule has 1 unspecified atom stereocenters. The summed E-state index contributed by atoms with van der Waals surface area (Å²) in [6.45, 7) is 6.88. The number of carbonyl (C=O) groups excluding carboxylic acids is 1. The van der Waals surface area contributed by atoms with E-state index in [4.69, 9.17) is 0 Å². The van der Waals surface area contributed by atoms with Crippen molar-refractivity contribution >= 4 is 12.0 Å². The third kappa shape index (κ3) is 2.26. The van der Waals surface area contributed by atoms with Crippen molar-refractivity contribution in [2.45, 2.75) is 20.3 Å². The van der Waals surface area contributed by atoms with E-state index in [1.165, 1.54) is 12.1 Å². The Balaban J connectivity index is 2.05. The zero-order valence-electron chi connectivity index (χ0n) is 10.0. The maximum atomic E-state index is 10.6. The molecule has 1 aromatic carbocycles. The van der Waals surface area contributed by atoms with Gasteiger partial charge in [-0.05, 0) is 42.5 Å². The predicted molar refractivity (Wildman–Crippen MR) is 67.0 cm³/mol. The summed E-state index contributed by atoms with van der Waals surface area (Å²) < 4.78 is 0. The van der Waals surface area contributed by atoms with Crippen molar-refractivity contribution in [2.24, 2.45) is 11.8 Å². The van der Waals surface area contributed by atoms with Crippen LogP contribution in [-0.2, 0) is 0 Å². The summed E-state index contributed by atoms with van der Waals surface area (Å²) >= 11 is 0. The van der Waals surface area contributed by atoms with Crippen LogP contribution in [0.4, 0.5) is 5.69 Å². The number of aldehydes is 1. The molecule has 0 radical (unpaired) electrons. The van der Waals surface area contributed by atoms with Crippen molar-refractivity contribution in [3.63, 3.8) is 0 Å². The summed E-state index contributed by atoms with van der Waals surface area (Å²) in [4.78, 5) is 13.0. The molecule has 0 bridgehead atoms. The number of benzene rings is 1. The van der Waals surface area contributed by atoms with Gasteiger partial charge in [0.25, 0.3) is 0 Å². The Kier molecular flexibility index (Phi) is 3.28. The van der Waals surface area contributed by atoms with E-state index in [9.17, 15) is 4.79 Å². The molecule has 1 aliphatic rings. The van der Waals surface area contributed by atoms with Gasteiger partial charge in [0.05, 0.1) is 0 Å². The lowest BCUT2D eigenvalue weighted by molar-refractivity contribution is 0.112. The second-order valence-corrected chi connectivity index (χ2v) is 4.95. The van der Waals surface area contributed by atoms with Gasteiger partial charge in [-0.15, -0.1) is 0 Å². The highest BCUT2D eigenvalue weighted by molar-refractivity contribution is 5.75. The number of carbonyl (C=O) groups is 1. The number of hydrogen-bond acceptors (Lipinski definition) is 2. The van der Waals surface area contributed by atoms with Gasteiger partial charge in [-0.2, -0.15) is 0 Å². The number of hydrogen-bond donors (Lipinski definition) is 0. The van der Waals surface area contributed by atoms with Crippen LogP contribution in [0.15, 0.2) is 24.3 Å². The Morgan fingerprint density at radius 3 is 2.50 bits per heavy atom. The summed E-state index contributed by atoms with van der Waals surface area (Å²) in [7, 11) is 0. The molecule has 0 aliphatic carbocycles. The van der Waals surface area contributed by atoms with Crippen LogP contribution in [0.5, 0.6) is 0 Å². The van der Waals surface area contributed by atoms with Crippen molar-refractivity contribution < 1.29 is 4.79 Å². The molecule has 16 heavy (non-hydrogen) atoms. The fourth-order valence-electron chi connectivity index (χ4n) is 2.33. The third-order valence-corrected chi connectivity index (χ3v) is 3.56. The minimum absolute atomic E-state index is 0.753. The van der Waals surface area contributed by atoms with E-state index in [2.05, 4.69) is 18.7 Å². The number of anilines is 1. The van der Waals surface area contributed by atoms with E-state index < -0.39 is 0 Å². The molecule has 2 heteroatoms. The average Bonchev–Trinajstić information content (AvgIpc) is 2.78.